The number of hydrogen-bond acceptors (Lipinski definition) is 4. The van der Waals surface area contributed by atoms with Crippen LogP contribution in [-0.4, -0.2) is 70.3 Å². The molecule has 0 aromatic heterocycles. The third kappa shape index (κ3) is 7.91. The Morgan fingerprint density at radius 1 is 0.966 bits per heavy atom. The van der Waals surface area contributed by atoms with Gasteiger partial charge in [0, 0.05) is 12.1 Å². The average Bonchev–Trinajstić information content (AvgIpc) is 2.65. The van der Waals surface area contributed by atoms with Crippen molar-refractivity contribution in [3.05, 3.63) is 18.2 Å². The predicted molar refractivity (Wildman–Crippen MR) is 112 cm³/mol. The molecule has 1 fully saturated rings. The third-order valence-electron chi connectivity index (χ3n) is 4.77. The Labute approximate surface area is 173 Å². The number of benzene rings is 1. The average molecular weight is 409 g/mol. The van der Waals surface area contributed by atoms with Crippen LogP contribution in [0.4, 0.5) is 5.69 Å². The van der Waals surface area contributed by atoms with E-state index < -0.39 is 0 Å². The molecule has 0 radical (unpaired) electrons. The highest BCUT2D eigenvalue weighted by Crippen LogP contribution is 2.29. The number of rotatable bonds is 10. The Bertz CT molecular complexity index is 673. The van der Waals surface area contributed by atoms with E-state index in [1.54, 1.807) is 6.07 Å². The minimum Gasteiger partial charge on any atom is -0.494 e. The van der Waals surface area contributed by atoms with E-state index >= 15 is 0 Å². The van der Waals surface area contributed by atoms with Crippen LogP contribution in [-0.2, 0) is 9.59 Å². The van der Waals surface area contributed by atoms with Gasteiger partial charge in [0.15, 0.2) is 13.1 Å². The van der Waals surface area contributed by atoms with Gasteiger partial charge in [0.1, 0.15) is 37.7 Å². The van der Waals surface area contributed by atoms with Gasteiger partial charge in [-0.25, -0.2) is 0 Å². The van der Waals surface area contributed by atoms with E-state index in [0.717, 1.165) is 26.2 Å². The van der Waals surface area contributed by atoms with Gasteiger partial charge in [-0.15, -0.1) is 0 Å². The zero-order valence-corrected chi connectivity index (χ0v) is 18.1. The molecule has 0 atom stereocenters. The number of nitrogens with one attached hydrogen (secondary N) is 4. The van der Waals surface area contributed by atoms with E-state index in [0.29, 0.717) is 43.5 Å². The fourth-order valence-electron chi connectivity index (χ4n) is 3.48. The largest absolute Gasteiger partial charge is 0.494 e. The predicted octanol–water partition coefficient (Wildman–Crippen LogP) is -1.27. The van der Waals surface area contributed by atoms with Crippen molar-refractivity contribution in [1.82, 2.24) is 5.32 Å². The molecule has 2 rings (SSSR count). The molecule has 0 spiro atoms. The van der Waals surface area contributed by atoms with Crippen molar-refractivity contribution in [1.29, 1.82) is 0 Å². The first-order valence-corrected chi connectivity index (χ1v) is 10.6. The third-order valence-corrected chi connectivity index (χ3v) is 4.77. The van der Waals surface area contributed by atoms with Crippen LogP contribution < -0.4 is 29.9 Å². The standard InChI is InChI=1S/C21H34N4O4/c1-5-28-17-7-8-19(29-6-2)18(13-17)23-21(27)15-25-11-9-24(10-12-25)14-20(26)22-16(3)4/h7-8,13,16H,5-6,9-12,14-15H2,1-4H3,(H,22,26)(H,23,27)/p+2. The first kappa shape index (κ1) is 23.0. The summed E-state index contributed by atoms with van der Waals surface area (Å²) in [4.78, 5) is 27.0. The number of hydrogen-bond donors (Lipinski definition) is 4. The van der Waals surface area contributed by atoms with E-state index in [9.17, 15) is 9.59 Å². The summed E-state index contributed by atoms with van der Waals surface area (Å²) < 4.78 is 11.2. The zero-order chi connectivity index (χ0) is 21.2. The van der Waals surface area contributed by atoms with Crippen molar-refractivity contribution in [2.45, 2.75) is 33.7 Å². The molecule has 162 valence electrons. The second kappa shape index (κ2) is 11.6. The van der Waals surface area contributed by atoms with Crippen molar-refractivity contribution in [2.24, 2.45) is 0 Å². The van der Waals surface area contributed by atoms with Crippen LogP contribution in [0.3, 0.4) is 0 Å². The number of piperazine rings is 1. The molecule has 1 aromatic carbocycles. The molecule has 1 aliphatic rings. The lowest BCUT2D eigenvalue weighted by Crippen LogP contribution is -3.28. The van der Waals surface area contributed by atoms with E-state index in [1.165, 1.54) is 9.80 Å². The molecule has 2 amide bonds. The van der Waals surface area contributed by atoms with Crippen LogP contribution in [0.2, 0.25) is 0 Å². The summed E-state index contributed by atoms with van der Waals surface area (Å²) in [6.07, 6.45) is 0. The van der Waals surface area contributed by atoms with Crippen molar-refractivity contribution < 1.29 is 28.9 Å². The summed E-state index contributed by atoms with van der Waals surface area (Å²) in [5.41, 5.74) is 0.636. The monoisotopic (exact) mass is 408 g/mol. The van der Waals surface area contributed by atoms with E-state index in [2.05, 4.69) is 10.6 Å². The number of anilines is 1. The molecule has 1 aromatic rings. The Morgan fingerprint density at radius 3 is 2.10 bits per heavy atom. The molecule has 8 nitrogen and oxygen atoms in total. The fraction of sp³-hybridized carbons (Fsp3) is 0.619. The highest BCUT2D eigenvalue weighted by atomic mass is 16.5. The Balaban J connectivity index is 1.84. The lowest BCUT2D eigenvalue weighted by atomic mass is 10.2. The van der Waals surface area contributed by atoms with Gasteiger partial charge in [0.2, 0.25) is 0 Å². The van der Waals surface area contributed by atoms with Crippen molar-refractivity contribution in [2.75, 3.05) is 57.8 Å². The summed E-state index contributed by atoms with van der Waals surface area (Å²) in [5.74, 6) is 1.39. The number of amides is 2. The minimum atomic E-state index is -0.0457. The maximum Gasteiger partial charge on any atom is 0.279 e. The molecule has 0 unspecified atom stereocenters. The quantitative estimate of drug-likeness (QED) is 0.389. The van der Waals surface area contributed by atoms with Gasteiger partial charge in [-0.05, 0) is 39.8 Å². The SMILES string of the molecule is CCOc1ccc(OCC)c(NC(=O)C[NH+]2CC[NH+](CC(=O)NC(C)C)CC2)c1. The summed E-state index contributed by atoms with van der Waals surface area (Å²) in [6.45, 7) is 13.3. The van der Waals surface area contributed by atoms with E-state index in [-0.39, 0.29) is 17.9 Å². The van der Waals surface area contributed by atoms with E-state index in [4.69, 9.17) is 9.47 Å². The first-order chi connectivity index (χ1) is 13.9. The molecule has 1 heterocycles. The Morgan fingerprint density at radius 2 is 1.55 bits per heavy atom. The lowest BCUT2D eigenvalue weighted by Gasteiger charge is -2.29. The highest BCUT2D eigenvalue weighted by Gasteiger charge is 2.26. The molecular formula is C21H36N4O4+2. The number of quaternary nitrogens is 2. The molecule has 0 saturated carbocycles. The van der Waals surface area contributed by atoms with Crippen molar-refractivity contribution in [3.63, 3.8) is 0 Å². The van der Waals surface area contributed by atoms with Crippen LogP contribution in [0.1, 0.15) is 27.7 Å². The van der Waals surface area contributed by atoms with E-state index in [1.807, 2.05) is 39.8 Å². The highest BCUT2D eigenvalue weighted by molar-refractivity contribution is 5.93. The first-order valence-electron chi connectivity index (χ1n) is 10.6. The Kier molecular flexibility index (Phi) is 9.21. The van der Waals surface area contributed by atoms with Gasteiger partial charge in [-0.2, -0.15) is 0 Å². The van der Waals surface area contributed by atoms with Gasteiger partial charge < -0.3 is 29.9 Å². The smallest absolute Gasteiger partial charge is 0.279 e. The summed E-state index contributed by atoms with van der Waals surface area (Å²) >= 11 is 0. The Hall–Kier alpha value is -2.32. The van der Waals surface area contributed by atoms with Gasteiger partial charge >= 0.3 is 0 Å². The molecule has 4 N–H and O–H groups in total. The van der Waals surface area contributed by atoms with Gasteiger partial charge in [0.05, 0.1) is 18.9 Å². The zero-order valence-electron chi connectivity index (χ0n) is 18.1. The maximum atomic E-state index is 12.6. The number of carbonyl (C=O) groups is 2. The molecule has 1 aliphatic heterocycles. The van der Waals surface area contributed by atoms with Crippen molar-refractivity contribution in [3.8, 4) is 11.5 Å². The normalized spacial score (nSPS) is 18.9. The van der Waals surface area contributed by atoms with Crippen LogP contribution in [0.5, 0.6) is 11.5 Å². The number of carbonyl (C=O) groups excluding carboxylic acids is 2. The van der Waals surface area contributed by atoms with Crippen molar-refractivity contribution >= 4 is 17.5 Å². The van der Waals surface area contributed by atoms with Gasteiger partial charge in [0.25, 0.3) is 11.8 Å². The van der Waals surface area contributed by atoms with Crippen LogP contribution in [0.25, 0.3) is 0 Å². The van der Waals surface area contributed by atoms with Crippen LogP contribution >= 0.6 is 0 Å². The molecule has 0 aliphatic carbocycles. The van der Waals surface area contributed by atoms with Crippen LogP contribution in [0, 0.1) is 0 Å². The summed E-state index contributed by atoms with van der Waals surface area (Å²) in [7, 11) is 0. The summed E-state index contributed by atoms with van der Waals surface area (Å²) in [6, 6.07) is 5.63. The topological polar surface area (TPSA) is 85.5 Å². The van der Waals surface area contributed by atoms with Gasteiger partial charge in [-0.1, -0.05) is 0 Å². The minimum absolute atomic E-state index is 0.0457. The second-order valence-electron chi connectivity index (χ2n) is 7.65. The molecular weight excluding hydrogens is 372 g/mol. The second-order valence-corrected chi connectivity index (χ2v) is 7.65. The lowest BCUT2D eigenvalue weighted by molar-refractivity contribution is -1.00. The fourth-order valence-corrected chi connectivity index (χ4v) is 3.48. The maximum absolute atomic E-state index is 12.6. The molecule has 29 heavy (non-hydrogen) atoms. The van der Waals surface area contributed by atoms with Gasteiger partial charge in [-0.3, -0.25) is 9.59 Å². The molecule has 0 bridgehead atoms. The van der Waals surface area contributed by atoms with Crippen LogP contribution in [0.15, 0.2) is 18.2 Å². The molecule has 8 heteroatoms. The number of ether oxygens (including phenoxy) is 2. The summed E-state index contributed by atoms with van der Waals surface area (Å²) in [5, 5.41) is 5.91. The molecule has 1 saturated heterocycles.